The number of rotatable bonds is 8. The van der Waals surface area contributed by atoms with E-state index in [-0.39, 0.29) is 28.7 Å². The number of hydrogen-bond acceptors (Lipinski definition) is 10. The van der Waals surface area contributed by atoms with Gasteiger partial charge in [0.2, 0.25) is 11.6 Å². The summed E-state index contributed by atoms with van der Waals surface area (Å²) in [6.07, 6.45) is 1.42. The molecule has 0 radical (unpaired) electrons. The molecule has 0 aliphatic rings. The van der Waals surface area contributed by atoms with Crippen LogP contribution in [-0.4, -0.2) is 41.8 Å². The average Bonchev–Trinajstić information content (AvgIpc) is 3.48. The maximum Gasteiger partial charge on any atom is 0.294 e. The molecule has 2 aromatic carbocycles. The third-order valence-corrected chi connectivity index (χ3v) is 4.90. The van der Waals surface area contributed by atoms with Crippen molar-refractivity contribution < 1.29 is 14.3 Å². The molecule has 0 aliphatic carbocycles. The number of hydrogen-bond donors (Lipinski definition) is 2. The molecular weight excluding hydrogens is 442 g/mol. The molecule has 13 nitrogen and oxygen atoms in total. The van der Waals surface area contributed by atoms with Gasteiger partial charge in [-0.15, -0.1) is 5.10 Å². The Balaban J connectivity index is 1.60. The first kappa shape index (κ1) is 22.3. The number of nitrogen functional groups attached to an aromatic ring is 1. The van der Waals surface area contributed by atoms with Crippen LogP contribution in [0.15, 0.2) is 64.3 Å². The van der Waals surface area contributed by atoms with Gasteiger partial charge in [0.1, 0.15) is 5.69 Å². The molecule has 0 saturated carbocycles. The van der Waals surface area contributed by atoms with Crippen molar-refractivity contribution in [3.05, 3.63) is 76.0 Å². The van der Waals surface area contributed by atoms with Crippen molar-refractivity contribution in [2.45, 2.75) is 19.8 Å². The van der Waals surface area contributed by atoms with E-state index in [9.17, 15) is 14.9 Å². The minimum absolute atomic E-state index is 0.0162. The second kappa shape index (κ2) is 9.68. The standard InChI is InChI=1S/C21H19N9O4/c1-13(7-8-14-5-3-2-4-6-14)23-25-21(31)17-18(15-9-11-16(12-10-15)30(32)33)29(28-24-17)20-19(22)26-34-27-20/h2-6,9-12H,7-8H2,1H3,(H2,22,26)(H,25,31)/b23-13+. The topological polar surface area (TPSA) is 180 Å². The van der Waals surface area contributed by atoms with Gasteiger partial charge < -0.3 is 5.73 Å². The molecule has 13 heteroatoms. The van der Waals surface area contributed by atoms with E-state index in [4.69, 9.17) is 5.73 Å². The van der Waals surface area contributed by atoms with Crippen LogP contribution >= 0.6 is 0 Å². The van der Waals surface area contributed by atoms with Gasteiger partial charge in [0.25, 0.3) is 11.6 Å². The van der Waals surface area contributed by atoms with Gasteiger partial charge in [0.05, 0.1) is 4.92 Å². The molecule has 0 fully saturated rings. The van der Waals surface area contributed by atoms with E-state index in [2.05, 4.69) is 35.8 Å². The van der Waals surface area contributed by atoms with Gasteiger partial charge in [0.15, 0.2) is 5.69 Å². The zero-order chi connectivity index (χ0) is 24.1. The first-order valence-corrected chi connectivity index (χ1v) is 10.1. The van der Waals surface area contributed by atoms with Gasteiger partial charge >= 0.3 is 0 Å². The smallest absolute Gasteiger partial charge is 0.294 e. The summed E-state index contributed by atoms with van der Waals surface area (Å²) in [5, 5.41) is 30.3. The van der Waals surface area contributed by atoms with Crippen LogP contribution in [0.25, 0.3) is 17.1 Å². The summed E-state index contributed by atoms with van der Waals surface area (Å²) >= 11 is 0. The van der Waals surface area contributed by atoms with Gasteiger partial charge in [0, 0.05) is 23.4 Å². The van der Waals surface area contributed by atoms with Crippen molar-refractivity contribution >= 4 is 23.1 Å². The molecule has 0 spiro atoms. The Morgan fingerprint density at radius 3 is 2.56 bits per heavy atom. The third kappa shape index (κ3) is 4.77. The summed E-state index contributed by atoms with van der Waals surface area (Å²) < 4.78 is 5.80. The van der Waals surface area contributed by atoms with Gasteiger partial charge in [-0.25, -0.2) is 10.1 Å². The summed E-state index contributed by atoms with van der Waals surface area (Å²) in [5.41, 5.74) is 10.5. The molecule has 2 heterocycles. The van der Waals surface area contributed by atoms with Gasteiger partial charge in [-0.05, 0) is 47.8 Å². The van der Waals surface area contributed by atoms with Crippen LogP contribution in [-0.2, 0) is 6.42 Å². The fraction of sp³-hybridized carbons (Fsp3) is 0.143. The zero-order valence-corrected chi connectivity index (χ0v) is 18.0. The van der Waals surface area contributed by atoms with E-state index in [1.165, 1.54) is 28.9 Å². The number of nitro benzene ring substituents is 1. The van der Waals surface area contributed by atoms with E-state index >= 15 is 0 Å². The lowest BCUT2D eigenvalue weighted by atomic mass is 10.1. The molecule has 0 aliphatic heterocycles. The number of amides is 1. The summed E-state index contributed by atoms with van der Waals surface area (Å²) in [6.45, 7) is 1.80. The lowest BCUT2D eigenvalue weighted by molar-refractivity contribution is -0.384. The molecule has 2 aromatic heterocycles. The number of anilines is 1. The summed E-state index contributed by atoms with van der Waals surface area (Å²) in [6, 6.07) is 15.4. The third-order valence-electron chi connectivity index (χ3n) is 4.90. The highest BCUT2D eigenvalue weighted by Gasteiger charge is 2.25. The van der Waals surface area contributed by atoms with Crippen LogP contribution in [0.4, 0.5) is 11.5 Å². The van der Waals surface area contributed by atoms with Crippen LogP contribution < -0.4 is 11.2 Å². The SMILES string of the molecule is C/C(CCc1ccccc1)=N\NC(=O)c1nnn(-c2nonc2N)c1-c1ccc([N+](=O)[O-])cc1. The summed E-state index contributed by atoms with van der Waals surface area (Å²) in [4.78, 5) is 23.4. The van der Waals surface area contributed by atoms with E-state index in [1.54, 1.807) is 6.92 Å². The molecule has 172 valence electrons. The van der Waals surface area contributed by atoms with Gasteiger partial charge in [-0.1, -0.05) is 35.5 Å². The van der Waals surface area contributed by atoms with Crippen molar-refractivity contribution in [3.63, 3.8) is 0 Å². The Morgan fingerprint density at radius 1 is 1.18 bits per heavy atom. The van der Waals surface area contributed by atoms with Crippen molar-refractivity contribution in [1.82, 2.24) is 30.7 Å². The number of carbonyl (C=O) groups excluding carboxylic acids is 1. The highest BCUT2D eigenvalue weighted by molar-refractivity contribution is 5.99. The molecule has 0 unspecified atom stereocenters. The fourth-order valence-corrected chi connectivity index (χ4v) is 3.15. The molecule has 4 aromatic rings. The molecule has 0 bridgehead atoms. The Kier molecular flexibility index (Phi) is 6.34. The van der Waals surface area contributed by atoms with Gasteiger partial charge in [-0.2, -0.15) is 9.78 Å². The lowest BCUT2D eigenvalue weighted by Gasteiger charge is -2.06. The Hall–Kier alpha value is -4.94. The van der Waals surface area contributed by atoms with Crippen molar-refractivity contribution in [3.8, 4) is 17.1 Å². The highest BCUT2D eigenvalue weighted by atomic mass is 16.6. The molecule has 3 N–H and O–H groups in total. The van der Waals surface area contributed by atoms with Crippen molar-refractivity contribution in [1.29, 1.82) is 0 Å². The number of nitrogens with two attached hydrogens (primary N) is 1. The number of benzene rings is 2. The van der Waals surface area contributed by atoms with E-state index in [0.717, 1.165) is 12.0 Å². The quantitative estimate of drug-likeness (QED) is 0.226. The Labute approximate surface area is 192 Å². The Morgan fingerprint density at radius 2 is 1.91 bits per heavy atom. The van der Waals surface area contributed by atoms with Crippen LogP contribution in [0.2, 0.25) is 0 Å². The first-order chi connectivity index (χ1) is 16.4. The predicted molar refractivity (Wildman–Crippen MR) is 121 cm³/mol. The number of aromatic nitrogens is 5. The maximum atomic E-state index is 12.9. The molecule has 1 amide bonds. The molecule has 0 saturated heterocycles. The van der Waals surface area contributed by atoms with Crippen molar-refractivity contribution in [2.24, 2.45) is 5.10 Å². The van der Waals surface area contributed by atoms with E-state index < -0.39 is 10.8 Å². The monoisotopic (exact) mass is 461 g/mol. The average molecular weight is 461 g/mol. The van der Waals surface area contributed by atoms with Gasteiger partial charge in [-0.3, -0.25) is 14.9 Å². The summed E-state index contributed by atoms with van der Waals surface area (Å²) in [5.74, 6) is -0.689. The van der Waals surface area contributed by atoms with Crippen LogP contribution in [0, 0.1) is 10.1 Å². The number of carbonyl (C=O) groups is 1. The van der Waals surface area contributed by atoms with Crippen LogP contribution in [0.1, 0.15) is 29.4 Å². The Bertz CT molecular complexity index is 1340. The van der Waals surface area contributed by atoms with Crippen LogP contribution in [0.5, 0.6) is 0 Å². The second-order valence-electron chi connectivity index (χ2n) is 7.25. The normalized spacial score (nSPS) is 11.4. The summed E-state index contributed by atoms with van der Waals surface area (Å²) in [7, 11) is 0. The highest BCUT2D eigenvalue weighted by Crippen LogP contribution is 2.28. The predicted octanol–water partition coefficient (Wildman–Crippen LogP) is 2.55. The number of nitrogens with zero attached hydrogens (tertiary/aromatic N) is 7. The number of non-ortho nitro benzene ring substituents is 1. The maximum absolute atomic E-state index is 12.9. The second-order valence-corrected chi connectivity index (χ2v) is 7.25. The van der Waals surface area contributed by atoms with Crippen molar-refractivity contribution in [2.75, 3.05) is 5.73 Å². The minimum Gasteiger partial charge on any atom is -0.378 e. The number of nitrogens with one attached hydrogen (secondary N) is 1. The molecular formula is C21H19N9O4. The molecule has 0 atom stereocenters. The van der Waals surface area contributed by atoms with Crippen LogP contribution in [0.3, 0.4) is 0 Å². The number of nitro groups is 1. The van der Waals surface area contributed by atoms with E-state index in [1.807, 2.05) is 30.3 Å². The number of aryl methyl sites for hydroxylation is 1. The largest absolute Gasteiger partial charge is 0.378 e. The minimum atomic E-state index is -0.631. The lowest BCUT2D eigenvalue weighted by Crippen LogP contribution is -2.20. The first-order valence-electron chi connectivity index (χ1n) is 10.1. The zero-order valence-electron chi connectivity index (χ0n) is 18.0. The molecule has 4 rings (SSSR count). The molecule has 34 heavy (non-hydrogen) atoms. The van der Waals surface area contributed by atoms with E-state index in [0.29, 0.717) is 17.7 Å². The fourth-order valence-electron chi connectivity index (χ4n) is 3.15. The number of hydrazone groups is 1.